The average molecular weight is 585 g/mol. The quantitative estimate of drug-likeness (QED) is 0.204. The molecule has 1 fully saturated rings. The molecule has 12 heteroatoms. The molecule has 2 amide bonds. The molecule has 4 rings (SSSR count). The highest BCUT2D eigenvalue weighted by molar-refractivity contribution is 6.41. The maximum Gasteiger partial charge on any atom is 0.315 e. The number of hydrogen-bond donors (Lipinski definition) is 5. The first-order chi connectivity index (χ1) is 17.6. The molecule has 5 N–H and O–H groups in total. The van der Waals surface area contributed by atoms with E-state index in [-0.39, 0.29) is 33.7 Å². The molecule has 1 atom stereocenters. The summed E-state index contributed by atoms with van der Waals surface area (Å²) in [6.45, 7) is 25.9. The van der Waals surface area contributed by atoms with Crippen LogP contribution in [0.3, 0.4) is 0 Å². The summed E-state index contributed by atoms with van der Waals surface area (Å²) >= 11 is 11.5. The Bertz CT molecular complexity index is 1050. The Balaban J connectivity index is 0.000000261. The van der Waals surface area contributed by atoms with Crippen molar-refractivity contribution in [3.8, 4) is 0 Å². The molecule has 0 spiro atoms. The molecule has 39 heavy (non-hydrogen) atoms. The summed E-state index contributed by atoms with van der Waals surface area (Å²) in [5, 5.41) is 20.2. The lowest BCUT2D eigenvalue weighted by atomic mass is 9.87. The Hall–Kier alpha value is -2.59. The topological polar surface area (TPSA) is 140 Å². The maximum atomic E-state index is 10.7. The fourth-order valence-electron chi connectivity index (χ4n) is 2.94. The van der Waals surface area contributed by atoms with E-state index in [1.807, 2.05) is 33.0 Å². The van der Waals surface area contributed by atoms with Gasteiger partial charge in [-0.1, -0.05) is 112 Å². The summed E-state index contributed by atoms with van der Waals surface area (Å²) in [5.74, 6) is 1.80. The molecule has 3 aromatic rings. The number of tetrazole rings is 1. The van der Waals surface area contributed by atoms with Gasteiger partial charge in [-0.15, -0.1) is 10.2 Å². The van der Waals surface area contributed by atoms with Crippen LogP contribution in [0.1, 0.15) is 100 Å². The number of amides is 2. The average Bonchev–Trinajstić information content (AvgIpc) is 3.56. The smallest absolute Gasteiger partial charge is 0.315 e. The number of rotatable bonds is 0. The van der Waals surface area contributed by atoms with E-state index in [1.54, 1.807) is 6.20 Å². The van der Waals surface area contributed by atoms with E-state index < -0.39 is 0 Å². The summed E-state index contributed by atoms with van der Waals surface area (Å²) in [4.78, 5) is 20.9. The van der Waals surface area contributed by atoms with Crippen molar-refractivity contribution < 1.29 is 4.79 Å². The second-order valence-electron chi connectivity index (χ2n) is 13.5. The zero-order valence-corrected chi connectivity index (χ0v) is 27.0. The highest BCUT2D eigenvalue weighted by Gasteiger charge is 2.30. The van der Waals surface area contributed by atoms with Gasteiger partial charge in [0.1, 0.15) is 11.0 Å². The van der Waals surface area contributed by atoms with Gasteiger partial charge < -0.3 is 20.6 Å². The minimum Gasteiger partial charge on any atom is -0.348 e. The molecule has 1 unspecified atom stereocenters. The van der Waals surface area contributed by atoms with Crippen LogP contribution in [0.5, 0.6) is 0 Å². The van der Waals surface area contributed by atoms with Gasteiger partial charge in [0.25, 0.3) is 0 Å². The van der Waals surface area contributed by atoms with Crippen LogP contribution < -0.4 is 10.6 Å². The zero-order valence-electron chi connectivity index (χ0n) is 25.5. The van der Waals surface area contributed by atoms with Gasteiger partial charge in [-0.25, -0.2) is 9.78 Å². The molecule has 1 aliphatic rings. The molecule has 3 aromatic heterocycles. The first-order valence-corrected chi connectivity index (χ1v) is 13.7. The van der Waals surface area contributed by atoms with Crippen molar-refractivity contribution in [2.45, 2.75) is 105 Å². The lowest BCUT2D eigenvalue weighted by Gasteiger charge is -2.25. The van der Waals surface area contributed by atoms with Gasteiger partial charge in [-0.3, -0.25) is 0 Å². The van der Waals surface area contributed by atoms with E-state index in [4.69, 9.17) is 23.2 Å². The SMILES string of the molecule is CC(C)(C)C1CNC(=O)N1.CC(C)(C)c1cc(Cl)c(Cl)[nH]1.CC(C)(C)c1ncc[nH]1.CC(C)(C)c1nn[nH]n1. The molecule has 0 aliphatic carbocycles. The number of halogens is 2. The highest BCUT2D eigenvalue weighted by atomic mass is 35.5. The van der Waals surface area contributed by atoms with Crippen LogP contribution in [0.2, 0.25) is 10.2 Å². The van der Waals surface area contributed by atoms with E-state index >= 15 is 0 Å². The van der Waals surface area contributed by atoms with Crippen molar-refractivity contribution in [2.24, 2.45) is 5.41 Å². The predicted octanol–water partition coefficient (Wildman–Crippen LogP) is 6.54. The van der Waals surface area contributed by atoms with E-state index in [0.29, 0.717) is 10.2 Å². The van der Waals surface area contributed by atoms with Crippen molar-refractivity contribution in [3.63, 3.8) is 0 Å². The Morgan fingerprint density at radius 1 is 0.897 bits per heavy atom. The largest absolute Gasteiger partial charge is 0.348 e. The van der Waals surface area contributed by atoms with Crippen LogP contribution in [-0.2, 0) is 16.2 Å². The maximum absolute atomic E-state index is 10.7. The fourth-order valence-corrected chi connectivity index (χ4v) is 3.25. The van der Waals surface area contributed by atoms with Gasteiger partial charge in [0.05, 0.1) is 11.1 Å². The molecular formula is C27H47Cl2N9O. The number of imidazole rings is 1. The Morgan fingerprint density at radius 2 is 1.51 bits per heavy atom. The molecule has 220 valence electrons. The number of carbonyl (C=O) groups excluding carboxylic acids is 1. The van der Waals surface area contributed by atoms with Crippen LogP contribution >= 0.6 is 23.2 Å². The third-order valence-electron chi connectivity index (χ3n) is 5.58. The van der Waals surface area contributed by atoms with Crippen LogP contribution in [0, 0.1) is 5.41 Å². The summed E-state index contributed by atoms with van der Waals surface area (Å²) in [6, 6.07) is 2.10. The van der Waals surface area contributed by atoms with E-state index in [9.17, 15) is 4.79 Å². The van der Waals surface area contributed by atoms with E-state index in [0.717, 1.165) is 23.9 Å². The van der Waals surface area contributed by atoms with Gasteiger partial charge in [0, 0.05) is 40.9 Å². The molecule has 10 nitrogen and oxygen atoms in total. The molecule has 0 aromatic carbocycles. The van der Waals surface area contributed by atoms with Crippen LogP contribution in [0.15, 0.2) is 18.5 Å². The molecule has 0 saturated carbocycles. The fraction of sp³-hybridized carbons (Fsp3) is 0.667. The van der Waals surface area contributed by atoms with Crippen molar-refractivity contribution in [1.82, 2.24) is 46.2 Å². The van der Waals surface area contributed by atoms with Crippen molar-refractivity contribution in [1.29, 1.82) is 0 Å². The van der Waals surface area contributed by atoms with Gasteiger partial charge in [-0.05, 0) is 11.5 Å². The second-order valence-corrected chi connectivity index (χ2v) is 14.3. The number of nitrogens with one attached hydrogen (secondary N) is 5. The van der Waals surface area contributed by atoms with Gasteiger partial charge in [0.2, 0.25) is 0 Å². The number of hydrogen-bond acceptors (Lipinski definition) is 5. The predicted molar refractivity (Wildman–Crippen MR) is 159 cm³/mol. The number of H-pyrrole nitrogens is 3. The summed E-state index contributed by atoms with van der Waals surface area (Å²) in [6.07, 6.45) is 3.63. The van der Waals surface area contributed by atoms with E-state index in [2.05, 4.69) is 109 Å². The van der Waals surface area contributed by atoms with Crippen LogP contribution in [-0.4, -0.2) is 54.2 Å². The Kier molecular flexibility index (Phi) is 12.1. The second kappa shape index (κ2) is 13.7. The monoisotopic (exact) mass is 583 g/mol. The Morgan fingerprint density at radius 3 is 1.72 bits per heavy atom. The third kappa shape index (κ3) is 12.4. The van der Waals surface area contributed by atoms with E-state index in [1.165, 1.54) is 0 Å². The standard InChI is InChI=1S/C8H11Cl2N.C7H14N2O.C7H12N2.C5H10N4/c1-8(2,3)6-4-5(9)7(10)11-6;1-7(2,3)5-4-8-6(10)9-5;1-7(2,3)6-8-4-5-9-6;1-5(2,3)4-6-8-9-7-4/h4,11H,1-3H3;5H,4H2,1-3H3,(H2,8,9,10);4-5H,1-3H3,(H,8,9);1-3H3,(H,6,7,8,9). The molecule has 4 heterocycles. The normalized spacial score (nSPS) is 15.5. The molecule has 1 saturated heterocycles. The number of aromatic amines is 3. The number of carbonyl (C=O) groups is 1. The van der Waals surface area contributed by atoms with Crippen LogP contribution in [0.4, 0.5) is 4.79 Å². The zero-order chi connectivity index (χ0) is 30.2. The lowest BCUT2D eigenvalue weighted by molar-refractivity contribution is 0.242. The van der Waals surface area contributed by atoms with Gasteiger partial charge in [0.15, 0.2) is 5.82 Å². The minimum atomic E-state index is -0.0417. The first-order valence-electron chi connectivity index (χ1n) is 12.9. The highest BCUT2D eigenvalue weighted by Crippen LogP contribution is 2.29. The summed E-state index contributed by atoms with van der Waals surface area (Å²) < 4.78 is 0. The van der Waals surface area contributed by atoms with Gasteiger partial charge >= 0.3 is 6.03 Å². The van der Waals surface area contributed by atoms with Crippen molar-refractivity contribution in [2.75, 3.05) is 6.54 Å². The van der Waals surface area contributed by atoms with Crippen molar-refractivity contribution in [3.05, 3.63) is 46.0 Å². The third-order valence-corrected chi connectivity index (χ3v) is 6.27. The molecular weight excluding hydrogens is 537 g/mol. The van der Waals surface area contributed by atoms with Crippen molar-refractivity contribution >= 4 is 29.2 Å². The molecule has 0 bridgehead atoms. The van der Waals surface area contributed by atoms with Crippen LogP contribution in [0.25, 0.3) is 0 Å². The number of nitrogens with zero attached hydrogens (tertiary/aromatic N) is 4. The van der Waals surface area contributed by atoms with Gasteiger partial charge in [-0.2, -0.15) is 5.21 Å². The first kappa shape index (κ1) is 34.4. The Labute approximate surface area is 243 Å². The molecule has 1 aliphatic heterocycles. The number of urea groups is 1. The lowest BCUT2D eigenvalue weighted by Crippen LogP contribution is -2.38. The summed E-state index contributed by atoms with van der Waals surface area (Å²) in [7, 11) is 0. The number of aromatic nitrogens is 7. The summed E-state index contributed by atoms with van der Waals surface area (Å²) in [5.41, 5.74) is 1.47. The minimum absolute atomic E-state index is 0.00694. The molecule has 0 radical (unpaired) electrons.